The molecule has 2 heterocycles. The Kier molecular flexibility index (Phi) is 4.52. The van der Waals surface area contributed by atoms with Crippen molar-refractivity contribution in [1.29, 1.82) is 0 Å². The Hall–Kier alpha value is -3.32. The largest absolute Gasteiger partial charge is 0.346 e. The molecule has 0 aliphatic carbocycles. The van der Waals surface area contributed by atoms with E-state index < -0.39 is 0 Å². The molecule has 0 radical (unpaired) electrons. The normalized spacial score (nSPS) is 10.9. The number of nitrogens with zero attached hydrogens (tertiary/aromatic N) is 3. The maximum absolute atomic E-state index is 12.4. The zero-order valence-corrected chi connectivity index (χ0v) is 15.4. The van der Waals surface area contributed by atoms with E-state index >= 15 is 0 Å². The van der Waals surface area contributed by atoms with Crippen LogP contribution in [0.5, 0.6) is 0 Å². The number of hydrogen-bond acceptors (Lipinski definition) is 5. The molecule has 2 aromatic heterocycles. The van der Waals surface area contributed by atoms with Crippen molar-refractivity contribution in [2.75, 3.05) is 0 Å². The van der Waals surface area contributed by atoms with Gasteiger partial charge < -0.3 is 5.32 Å². The molecule has 0 bridgehead atoms. The van der Waals surface area contributed by atoms with Gasteiger partial charge in [0.2, 0.25) is 4.96 Å². The highest BCUT2D eigenvalue weighted by Gasteiger charge is 2.11. The third kappa shape index (κ3) is 3.63. The highest BCUT2D eigenvalue weighted by atomic mass is 32.1. The van der Waals surface area contributed by atoms with E-state index in [9.17, 15) is 9.59 Å². The van der Waals surface area contributed by atoms with Crippen LogP contribution in [-0.2, 0) is 6.54 Å². The van der Waals surface area contributed by atoms with E-state index in [1.807, 2.05) is 49.4 Å². The van der Waals surface area contributed by atoms with E-state index in [1.165, 1.54) is 21.9 Å². The first-order valence-corrected chi connectivity index (χ1v) is 9.22. The molecule has 0 saturated carbocycles. The molecular weight excluding hydrogens is 360 g/mol. The van der Waals surface area contributed by atoms with Crippen molar-refractivity contribution in [2.45, 2.75) is 13.5 Å². The fraction of sp³-hybridized carbons (Fsp3) is 0.100. The molecule has 27 heavy (non-hydrogen) atoms. The lowest BCUT2D eigenvalue weighted by Crippen LogP contribution is -2.25. The lowest BCUT2D eigenvalue weighted by molar-refractivity contribution is 0.0950. The summed E-state index contributed by atoms with van der Waals surface area (Å²) in [6.45, 7) is 2.14. The van der Waals surface area contributed by atoms with Crippen LogP contribution in [0.2, 0.25) is 0 Å². The first kappa shape index (κ1) is 17.1. The van der Waals surface area contributed by atoms with Crippen LogP contribution in [0.25, 0.3) is 15.5 Å². The fourth-order valence-corrected chi connectivity index (χ4v) is 3.55. The minimum atomic E-state index is -0.266. The van der Waals surface area contributed by atoms with Crippen LogP contribution in [0.1, 0.15) is 21.6 Å². The molecule has 0 saturated heterocycles. The molecule has 134 valence electrons. The van der Waals surface area contributed by atoms with Crippen molar-refractivity contribution < 1.29 is 4.79 Å². The van der Waals surface area contributed by atoms with E-state index in [0.29, 0.717) is 16.2 Å². The van der Waals surface area contributed by atoms with Crippen LogP contribution in [-0.4, -0.2) is 20.5 Å². The van der Waals surface area contributed by atoms with Crippen LogP contribution in [0.3, 0.4) is 0 Å². The molecule has 7 heteroatoms. The second-order valence-electron chi connectivity index (χ2n) is 6.10. The number of benzene rings is 2. The van der Waals surface area contributed by atoms with Gasteiger partial charge in [0.1, 0.15) is 5.01 Å². The lowest BCUT2D eigenvalue weighted by Gasteiger charge is -2.05. The van der Waals surface area contributed by atoms with Crippen molar-refractivity contribution in [1.82, 2.24) is 19.9 Å². The zero-order chi connectivity index (χ0) is 18.8. The standard InChI is InChI=1S/C20H16N4O2S/c1-13-7-9-14(10-8-13)18(26)21-12-16-11-17(25)24-20(22-16)27-19(23-24)15-5-3-2-4-6-15/h2-11H,12H2,1H3,(H,21,26). The Bertz CT molecular complexity index is 1160. The average molecular weight is 376 g/mol. The lowest BCUT2D eigenvalue weighted by atomic mass is 10.1. The van der Waals surface area contributed by atoms with Gasteiger partial charge in [0.05, 0.1) is 12.2 Å². The first-order valence-electron chi connectivity index (χ1n) is 8.40. The molecule has 0 unspecified atom stereocenters. The smallest absolute Gasteiger partial charge is 0.275 e. The Morgan fingerprint density at radius 2 is 1.85 bits per heavy atom. The Morgan fingerprint density at radius 3 is 2.59 bits per heavy atom. The number of carbonyl (C=O) groups is 1. The molecule has 1 N–H and O–H groups in total. The zero-order valence-electron chi connectivity index (χ0n) is 14.5. The maximum atomic E-state index is 12.4. The third-order valence-electron chi connectivity index (χ3n) is 4.06. The highest BCUT2D eigenvalue weighted by molar-refractivity contribution is 7.19. The SMILES string of the molecule is Cc1ccc(C(=O)NCc2cc(=O)n3nc(-c4ccccc4)sc3n2)cc1. The minimum Gasteiger partial charge on any atom is -0.346 e. The molecule has 6 nitrogen and oxygen atoms in total. The van der Waals surface area contributed by atoms with Gasteiger partial charge in [-0.15, -0.1) is 0 Å². The second kappa shape index (κ2) is 7.13. The van der Waals surface area contributed by atoms with Gasteiger partial charge in [-0.1, -0.05) is 59.4 Å². The minimum absolute atomic E-state index is 0.178. The molecular formula is C20H16N4O2S. The predicted octanol–water partition coefficient (Wildman–Crippen LogP) is 3.06. The molecule has 0 atom stereocenters. The molecule has 4 rings (SSSR count). The molecule has 2 aromatic carbocycles. The van der Waals surface area contributed by atoms with E-state index in [2.05, 4.69) is 15.4 Å². The highest BCUT2D eigenvalue weighted by Crippen LogP contribution is 2.23. The summed E-state index contributed by atoms with van der Waals surface area (Å²) in [6, 6.07) is 18.3. The third-order valence-corrected chi connectivity index (χ3v) is 5.02. The number of rotatable bonds is 4. The van der Waals surface area contributed by atoms with Gasteiger partial charge in [-0.2, -0.15) is 9.61 Å². The quantitative estimate of drug-likeness (QED) is 0.594. The van der Waals surface area contributed by atoms with E-state index in [1.54, 1.807) is 12.1 Å². The molecule has 0 aliphatic rings. The van der Waals surface area contributed by atoms with Crippen LogP contribution < -0.4 is 10.9 Å². The molecule has 0 fully saturated rings. The predicted molar refractivity (Wildman–Crippen MR) is 105 cm³/mol. The number of carbonyl (C=O) groups excluding carboxylic acids is 1. The van der Waals surface area contributed by atoms with Gasteiger partial charge in [-0.3, -0.25) is 9.59 Å². The van der Waals surface area contributed by atoms with Crippen molar-refractivity contribution in [3.8, 4) is 10.6 Å². The van der Waals surface area contributed by atoms with Crippen molar-refractivity contribution in [2.24, 2.45) is 0 Å². The van der Waals surface area contributed by atoms with Crippen LogP contribution in [0.15, 0.2) is 65.5 Å². The Labute approximate surface area is 159 Å². The topological polar surface area (TPSA) is 76.4 Å². The van der Waals surface area contributed by atoms with E-state index in [4.69, 9.17) is 0 Å². The Morgan fingerprint density at radius 1 is 1.11 bits per heavy atom. The van der Waals surface area contributed by atoms with Gasteiger partial charge in [0.15, 0.2) is 0 Å². The van der Waals surface area contributed by atoms with Gasteiger partial charge in [-0.25, -0.2) is 4.98 Å². The van der Waals surface area contributed by atoms with Crippen LogP contribution in [0.4, 0.5) is 0 Å². The summed E-state index contributed by atoms with van der Waals surface area (Å²) in [4.78, 5) is 29.6. The molecule has 1 amide bonds. The molecule has 0 aliphatic heterocycles. The number of aryl methyl sites for hydroxylation is 1. The number of aromatic nitrogens is 3. The summed E-state index contributed by atoms with van der Waals surface area (Å²) in [5, 5.41) is 7.87. The summed E-state index contributed by atoms with van der Waals surface area (Å²) in [5.74, 6) is -0.203. The number of nitrogens with one attached hydrogen (secondary N) is 1. The van der Waals surface area contributed by atoms with Gasteiger partial charge >= 0.3 is 0 Å². The van der Waals surface area contributed by atoms with Gasteiger partial charge in [0.25, 0.3) is 11.5 Å². The summed E-state index contributed by atoms with van der Waals surface area (Å²) in [6.07, 6.45) is 0. The summed E-state index contributed by atoms with van der Waals surface area (Å²) >= 11 is 1.34. The van der Waals surface area contributed by atoms with Crippen LogP contribution in [0, 0.1) is 6.92 Å². The number of hydrogen-bond donors (Lipinski definition) is 1. The average Bonchev–Trinajstić information content (AvgIpc) is 3.12. The van der Waals surface area contributed by atoms with Crippen LogP contribution >= 0.6 is 11.3 Å². The summed E-state index contributed by atoms with van der Waals surface area (Å²) < 4.78 is 1.29. The monoisotopic (exact) mass is 376 g/mol. The summed E-state index contributed by atoms with van der Waals surface area (Å²) in [7, 11) is 0. The van der Waals surface area contributed by atoms with E-state index in [0.717, 1.165) is 16.1 Å². The number of fused-ring (bicyclic) bond motifs is 1. The molecule has 4 aromatic rings. The Balaban J connectivity index is 1.57. The van der Waals surface area contributed by atoms with Crippen molar-refractivity contribution in [3.05, 3.63) is 87.8 Å². The van der Waals surface area contributed by atoms with Gasteiger partial charge in [0, 0.05) is 17.2 Å². The van der Waals surface area contributed by atoms with Crippen molar-refractivity contribution in [3.63, 3.8) is 0 Å². The second-order valence-corrected chi connectivity index (χ2v) is 7.06. The van der Waals surface area contributed by atoms with E-state index in [-0.39, 0.29) is 18.0 Å². The maximum Gasteiger partial charge on any atom is 0.275 e. The summed E-state index contributed by atoms with van der Waals surface area (Å²) in [5.41, 5.74) is 2.83. The van der Waals surface area contributed by atoms with Crippen molar-refractivity contribution >= 4 is 22.2 Å². The molecule has 0 spiro atoms. The number of amides is 1. The first-order chi connectivity index (χ1) is 13.1. The van der Waals surface area contributed by atoms with Gasteiger partial charge in [-0.05, 0) is 19.1 Å². The fourth-order valence-electron chi connectivity index (χ4n) is 2.62.